The van der Waals surface area contributed by atoms with Crippen LogP contribution < -0.4 is 0 Å². The highest BCUT2D eigenvalue weighted by molar-refractivity contribution is 5.19. The van der Waals surface area contributed by atoms with Gasteiger partial charge in [-0.1, -0.05) is 12.1 Å². The van der Waals surface area contributed by atoms with E-state index >= 15 is 0 Å². The fourth-order valence-corrected chi connectivity index (χ4v) is 2.55. The van der Waals surface area contributed by atoms with Crippen molar-refractivity contribution < 1.29 is 4.52 Å². The van der Waals surface area contributed by atoms with Gasteiger partial charge in [0.2, 0.25) is 5.89 Å². The quantitative estimate of drug-likeness (QED) is 0.867. The fraction of sp³-hybridized carbons (Fsp3) is 0.667. The summed E-state index contributed by atoms with van der Waals surface area (Å²) >= 11 is 0. The normalized spacial score (nSPS) is 24.8. The average Bonchev–Trinajstić information content (AvgIpc) is 2.89. The Balaban J connectivity index is 1.59. The van der Waals surface area contributed by atoms with Gasteiger partial charge in [-0.2, -0.15) is 20.4 Å². The number of aromatic amines is 1. The van der Waals surface area contributed by atoms with Gasteiger partial charge in [-0.15, -0.1) is 0 Å². The highest BCUT2D eigenvalue weighted by Crippen LogP contribution is 2.46. The highest BCUT2D eigenvalue weighted by Gasteiger charge is 2.44. The monoisotopic (exact) mass is 245 g/mol. The Hall–Kier alpha value is -1.72. The van der Waals surface area contributed by atoms with E-state index in [1.54, 1.807) is 0 Å². The maximum atomic E-state index is 5.44. The van der Waals surface area contributed by atoms with Crippen LogP contribution >= 0.6 is 0 Å². The molecule has 2 heterocycles. The van der Waals surface area contributed by atoms with Crippen molar-refractivity contribution in [3.63, 3.8) is 0 Å². The van der Waals surface area contributed by atoms with E-state index < -0.39 is 0 Å². The summed E-state index contributed by atoms with van der Waals surface area (Å²) in [6.07, 6.45) is 5.14. The van der Waals surface area contributed by atoms with E-state index in [-0.39, 0.29) is 5.41 Å². The molecule has 0 aromatic carbocycles. The number of nitrogens with zero attached hydrogens (tertiary/aromatic N) is 4. The molecular formula is C12H15N5O. The SMILES string of the molecule is CC1(c2noc(C3CCc4n[nH]nc4C3)n2)CC1. The van der Waals surface area contributed by atoms with Gasteiger partial charge in [0.25, 0.3) is 0 Å². The third kappa shape index (κ3) is 1.48. The van der Waals surface area contributed by atoms with Gasteiger partial charge in [-0.05, 0) is 25.7 Å². The summed E-state index contributed by atoms with van der Waals surface area (Å²) in [6.45, 7) is 2.19. The Bertz CT molecular complexity index is 583. The predicted molar refractivity (Wildman–Crippen MR) is 62.0 cm³/mol. The molecule has 1 saturated carbocycles. The second-order valence-electron chi connectivity index (χ2n) is 5.67. The first kappa shape index (κ1) is 10.2. The Morgan fingerprint density at radius 2 is 2.11 bits per heavy atom. The van der Waals surface area contributed by atoms with Crippen molar-refractivity contribution in [3.8, 4) is 0 Å². The molecule has 94 valence electrons. The molecule has 1 fully saturated rings. The van der Waals surface area contributed by atoms with E-state index in [9.17, 15) is 0 Å². The summed E-state index contributed by atoms with van der Waals surface area (Å²) in [7, 11) is 0. The molecule has 0 radical (unpaired) electrons. The Morgan fingerprint density at radius 1 is 1.28 bits per heavy atom. The van der Waals surface area contributed by atoms with Gasteiger partial charge < -0.3 is 4.52 Å². The van der Waals surface area contributed by atoms with Crippen LogP contribution in [-0.4, -0.2) is 25.6 Å². The Morgan fingerprint density at radius 3 is 2.94 bits per heavy atom. The van der Waals surface area contributed by atoms with E-state index in [1.807, 2.05) is 0 Å². The molecule has 0 amide bonds. The first-order chi connectivity index (χ1) is 8.74. The zero-order valence-electron chi connectivity index (χ0n) is 10.3. The topological polar surface area (TPSA) is 80.5 Å². The van der Waals surface area contributed by atoms with Crippen molar-refractivity contribution >= 4 is 0 Å². The van der Waals surface area contributed by atoms with Gasteiger partial charge in [0, 0.05) is 17.8 Å². The van der Waals surface area contributed by atoms with Crippen LogP contribution in [0.1, 0.15) is 55.2 Å². The lowest BCUT2D eigenvalue weighted by molar-refractivity contribution is 0.334. The van der Waals surface area contributed by atoms with Crippen molar-refractivity contribution in [2.75, 3.05) is 0 Å². The lowest BCUT2D eigenvalue weighted by Gasteiger charge is -2.16. The van der Waals surface area contributed by atoms with Crippen molar-refractivity contribution in [2.24, 2.45) is 0 Å². The molecule has 2 aromatic rings. The zero-order valence-corrected chi connectivity index (χ0v) is 10.3. The summed E-state index contributed by atoms with van der Waals surface area (Å²) in [5.74, 6) is 1.95. The third-order valence-corrected chi connectivity index (χ3v) is 4.20. The molecule has 2 aromatic heterocycles. The van der Waals surface area contributed by atoms with Gasteiger partial charge in [0.15, 0.2) is 5.82 Å². The summed E-state index contributed by atoms with van der Waals surface area (Å²) in [4.78, 5) is 4.59. The number of rotatable bonds is 2. The molecule has 1 unspecified atom stereocenters. The van der Waals surface area contributed by atoms with Crippen LogP contribution in [0.4, 0.5) is 0 Å². The molecule has 6 nitrogen and oxygen atoms in total. The minimum absolute atomic E-state index is 0.176. The lowest BCUT2D eigenvalue weighted by Crippen LogP contribution is -2.13. The maximum Gasteiger partial charge on any atom is 0.230 e. The number of nitrogens with one attached hydrogen (secondary N) is 1. The van der Waals surface area contributed by atoms with Crippen LogP contribution in [0.15, 0.2) is 4.52 Å². The van der Waals surface area contributed by atoms with Gasteiger partial charge >= 0.3 is 0 Å². The summed E-state index contributed by atoms with van der Waals surface area (Å²) in [5.41, 5.74) is 2.30. The minimum atomic E-state index is 0.176. The van der Waals surface area contributed by atoms with Crippen LogP contribution in [0, 0.1) is 0 Å². The summed E-state index contributed by atoms with van der Waals surface area (Å²) < 4.78 is 5.44. The smallest absolute Gasteiger partial charge is 0.230 e. The summed E-state index contributed by atoms with van der Waals surface area (Å²) in [6, 6.07) is 0. The highest BCUT2D eigenvalue weighted by atomic mass is 16.5. The molecular weight excluding hydrogens is 230 g/mol. The number of H-pyrrole nitrogens is 1. The third-order valence-electron chi connectivity index (χ3n) is 4.20. The molecule has 0 saturated heterocycles. The van der Waals surface area contributed by atoms with Crippen LogP contribution in [0.25, 0.3) is 0 Å². The van der Waals surface area contributed by atoms with Crippen molar-refractivity contribution in [1.29, 1.82) is 0 Å². The molecule has 0 bridgehead atoms. The molecule has 4 rings (SSSR count). The number of hydrogen-bond acceptors (Lipinski definition) is 5. The first-order valence-corrected chi connectivity index (χ1v) is 6.47. The second-order valence-corrected chi connectivity index (χ2v) is 5.67. The number of aryl methyl sites for hydroxylation is 1. The molecule has 6 heteroatoms. The van der Waals surface area contributed by atoms with Gasteiger partial charge in [0.05, 0.1) is 11.4 Å². The van der Waals surface area contributed by atoms with Crippen LogP contribution in [0.3, 0.4) is 0 Å². The lowest BCUT2D eigenvalue weighted by atomic mass is 9.90. The van der Waals surface area contributed by atoms with Crippen molar-refractivity contribution in [3.05, 3.63) is 23.1 Å². The van der Waals surface area contributed by atoms with Crippen LogP contribution in [0.2, 0.25) is 0 Å². The standard InChI is InChI=1S/C12H15N5O/c1-12(4-5-12)11-13-10(18-16-11)7-2-3-8-9(6-7)15-17-14-8/h7H,2-6H2,1H3,(H,14,15,17). The van der Waals surface area contributed by atoms with Gasteiger partial charge in [0.1, 0.15) is 0 Å². The van der Waals surface area contributed by atoms with Crippen molar-refractivity contribution in [2.45, 2.75) is 50.4 Å². The number of hydrogen-bond donors (Lipinski definition) is 1. The predicted octanol–water partition coefficient (Wildman–Crippen LogP) is 1.51. The van der Waals surface area contributed by atoms with E-state index in [0.717, 1.165) is 42.4 Å². The van der Waals surface area contributed by atoms with E-state index in [0.29, 0.717) is 5.92 Å². The second kappa shape index (κ2) is 3.40. The van der Waals surface area contributed by atoms with Crippen molar-refractivity contribution in [1.82, 2.24) is 25.6 Å². The minimum Gasteiger partial charge on any atom is -0.339 e. The molecule has 2 aliphatic rings. The Kier molecular flexibility index (Phi) is 1.93. The van der Waals surface area contributed by atoms with Gasteiger partial charge in [-0.25, -0.2) is 0 Å². The maximum absolute atomic E-state index is 5.44. The molecule has 2 aliphatic carbocycles. The van der Waals surface area contributed by atoms with E-state index in [2.05, 4.69) is 32.5 Å². The van der Waals surface area contributed by atoms with Crippen LogP contribution in [0.5, 0.6) is 0 Å². The number of aromatic nitrogens is 5. The van der Waals surface area contributed by atoms with Crippen LogP contribution in [-0.2, 0) is 18.3 Å². The van der Waals surface area contributed by atoms with E-state index in [4.69, 9.17) is 4.52 Å². The van der Waals surface area contributed by atoms with E-state index in [1.165, 1.54) is 12.8 Å². The fourth-order valence-electron chi connectivity index (χ4n) is 2.55. The average molecular weight is 245 g/mol. The largest absolute Gasteiger partial charge is 0.339 e. The zero-order chi connectivity index (χ0) is 12.2. The molecule has 1 N–H and O–H groups in total. The first-order valence-electron chi connectivity index (χ1n) is 6.47. The molecule has 0 spiro atoms. The number of fused-ring (bicyclic) bond motifs is 1. The Labute approximate surface area is 104 Å². The van der Waals surface area contributed by atoms with Gasteiger partial charge in [-0.3, -0.25) is 0 Å². The summed E-state index contributed by atoms with van der Waals surface area (Å²) in [5, 5.41) is 15.1. The molecule has 18 heavy (non-hydrogen) atoms. The molecule has 1 atom stereocenters. The molecule has 0 aliphatic heterocycles.